The lowest BCUT2D eigenvalue weighted by atomic mass is 9.79. The fraction of sp³-hybridized carbons (Fsp3) is 0.515. The predicted octanol–water partition coefficient (Wildman–Crippen LogP) is 6.05. The van der Waals surface area contributed by atoms with E-state index in [9.17, 15) is 31.2 Å². The summed E-state index contributed by atoms with van der Waals surface area (Å²) in [5, 5.41) is 1.03. The lowest BCUT2D eigenvalue weighted by molar-refractivity contribution is -0.139. The highest BCUT2D eigenvalue weighted by Crippen LogP contribution is 2.40. The summed E-state index contributed by atoms with van der Waals surface area (Å²) in [6.07, 6.45) is 3.91. The quantitative estimate of drug-likeness (QED) is 0.130. The first-order valence-corrected chi connectivity index (χ1v) is 17.1. The average molecular weight is 680 g/mol. The Bertz CT molecular complexity index is 1690. The van der Waals surface area contributed by atoms with Gasteiger partial charge in [0, 0.05) is 63.0 Å². The molecular formula is C33H40F3N3O7S. The maximum absolute atomic E-state index is 14.6. The summed E-state index contributed by atoms with van der Waals surface area (Å²) in [5.74, 6) is -1.99. The number of carbonyl (C=O) groups excluding carboxylic acids is 2. The molecule has 2 atom stereocenters. The largest absolute Gasteiger partial charge is 0.534 e. The van der Waals surface area contributed by atoms with Crippen LogP contribution in [0.15, 0.2) is 54.7 Å². The van der Waals surface area contributed by atoms with E-state index in [0.29, 0.717) is 25.1 Å². The molecule has 2 aromatic carbocycles. The molecule has 1 saturated heterocycles. The third-order valence-corrected chi connectivity index (χ3v) is 9.51. The van der Waals surface area contributed by atoms with Crippen molar-refractivity contribution in [1.29, 1.82) is 0 Å². The van der Waals surface area contributed by atoms with Crippen LogP contribution in [0, 0.1) is 5.92 Å². The van der Waals surface area contributed by atoms with Crippen molar-refractivity contribution in [2.45, 2.75) is 76.2 Å². The molecule has 1 aromatic heterocycles. The van der Waals surface area contributed by atoms with Crippen molar-refractivity contribution in [3.05, 3.63) is 65.9 Å². The molecule has 0 radical (unpaired) electrons. The van der Waals surface area contributed by atoms with Gasteiger partial charge in [-0.3, -0.25) is 4.79 Å². The Morgan fingerprint density at radius 3 is 2.49 bits per heavy atom. The summed E-state index contributed by atoms with van der Waals surface area (Å²) >= 11 is 0. The van der Waals surface area contributed by atoms with Crippen LogP contribution in [0.5, 0.6) is 5.75 Å². The number of hydrogen-bond donors (Lipinski definition) is 0. The molecule has 10 nitrogen and oxygen atoms in total. The minimum Gasteiger partial charge on any atom is -0.447 e. The monoisotopic (exact) mass is 679 g/mol. The van der Waals surface area contributed by atoms with Crippen LogP contribution in [-0.2, 0) is 37.5 Å². The minimum atomic E-state index is -5.89. The van der Waals surface area contributed by atoms with Gasteiger partial charge in [0.15, 0.2) is 0 Å². The van der Waals surface area contributed by atoms with Gasteiger partial charge in [0.2, 0.25) is 5.91 Å². The molecule has 2 aliphatic rings. The fourth-order valence-corrected chi connectivity index (χ4v) is 6.65. The number of rotatable bonds is 12. The lowest BCUT2D eigenvalue weighted by Gasteiger charge is -2.40. The number of para-hydroxylation sites is 1. The summed E-state index contributed by atoms with van der Waals surface area (Å²) in [4.78, 5) is 30.9. The zero-order valence-corrected chi connectivity index (χ0v) is 27.4. The molecule has 47 heavy (non-hydrogen) atoms. The van der Waals surface area contributed by atoms with Crippen LogP contribution in [0.2, 0.25) is 0 Å². The second-order valence-electron chi connectivity index (χ2n) is 12.3. The minimum absolute atomic E-state index is 0.00309. The molecule has 1 aliphatic carbocycles. The Hall–Kier alpha value is -3.78. The van der Waals surface area contributed by atoms with Gasteiger partial charge in [0.25, 0.3) is 0 Å². The predicted molar refractivity (Wildman–Crippen MR) is 168 cm³/mol. The van der Waals surface area contributed by atoms with Crippen molar-refractivity contribution in [3.63, 3.8) is 0 Å². The molecule has 256 valence electrons. The number of aromatic nitrogens is 1. The molecule has 2 fully saturated rings. The Balaban J connectivity index is 1.46. The van der Waals surface area contributed by atoms with Crippen LogP contribution in [-0.4, -0.2) is 79.2 Å². The number of halogens is 3. The summed E-state index contributed by atoms with van der Waals surface area (Å²) in [7, 11) is -4.23. The molecule has 14 heteroatoms. The van der Waals surface area contributed by atoms with Crippen molar-refractivity contribution in [3.8, 4) is 5.75 Å². The van der Waals surface area contributed by atoms with E-state index in [2.05, 4.69) is 14.9 Å². The fourth-order valence-electron chi connectivity index (χ4n) is 6.20. The van der Waals surface area contributed by atoms with E-state index < -0.39 is 39.3 Å². The van der Waals surface area contributed by atoms with E-state index in [4.69, 9.17) is 9.47 Å². The first kappa shape index (κ1) is 34.6. The second kappa shape index (κ2) is 14.1. The van der Waals surface area contributed by atoms with Gasteiger partial charge in [-0.15, -0.1) is 0 Å². The van der Waals surface area contributed by atoms with Crippen LogP contribution >= 0.6 is 0 Å². The number of alkyl halides is 3. The Kier molecular flexibility index (Phi) is 10.4. The van der Waals surface area contributed by atoms with E-state index in [0.717, 1.165) is 48.3 Å². The number of amides is 2. The van der Waals surface area contributed by atoms with Crippen molar-refractivity contribution >= 4 is 33.0 Å². The number of fused-ring (bicyclic) bond motifs is 1. The van der Waals surface area contributed by atoms with Gasteiger partial charge in [-0.1, -0.05) is 30.3 Å². The van der Waals surface area contributed by atoms with Crippen molar-refractivity contribution < 1.29 is 44.8 Å². The lowest BCUT2D eigenvalue weighted by Crippen LogP contribution is -2.50. The molecular weight excluding hydrogens is 639 g/mol. The molecule has 0 unspecified atom stereocenters. The first-order valence-electron chi connectivity index (χ1n) is 15.7. The number of benzene rings is 2. The average Bonchev–Trinajstić information content (AvgIpc) is 3.80. The standard InChI is InChI=1S/C33H40F3N3O7S/c1-22(2)45-32(41)38-16-14-27(23-8-6-9-26(18-23)46-47(42,43)33(34,35)36)29(21-38)31(40)39(25-12-13-25)20-24-19-37(15-7-17-44-3)30-11-5-4-10-28(24)30/h4-6,8-11,18-19,22,25,27,29H,7,12-17,20-21H2,1-3H3/t27-,29+/m1/s1. The zero-order valence-electron chi connectivity index (χ0n) is 26.6. The SMILES string of the molecule is COCCCn1cc(CN(C(=O)[C@H]2CN(C(=O)OC(C)C)CC[C@@H]2c2cccc(OS(=O)(=O)C(F)(F)F)c2)C2CC2)c2ccccc21. The summed E-state index contributed by atoms with van der Waals surface area (Å²) in [6, 6.07) is 13.4. The van der Waals surface area contributed by atoms with E-state index in [1.165, 1.54) is 17.0 Å². The molecule has 0 bridgehead atoms. The van der Waals surface area contributed by atoms with E-state index >= 15 is 0 Å². The third kappa shape index (κ3) is 8.03. The number of carbonyl (C=O) groups is 2. The number of nitrogens with zero attached hydrogens (tertiary/aromatic N) is 3. The smallest absolute Gasteiger partial charge is 0.447 e. The highest BCUT2D eigenvalue weighted by atomic mass is 32.2. The molecule has 1 aliphatic heterocycles. The second-order valence-corrected chi connectivity index (χ2v) is 13.9. The molecule has 0 spiro atoms. The van der Waals surface area contributed by atoms with Gasteiger partial charge in [-0.05, 0) is 74.8 Å². The highest BCUT2D eigenvalue weighted by Gasteiger charge is 2.49. The molecule has 2 amide bonds. The van der Waals surface area contributed by atoms with Crippen LogP contribution in [0.4, 0.5) is 18.0 Å². The highest BCUT2D eigenvalue weighted by molar-refractivity contribution is 7.88. The Morgan fingerprint density at radius 2 is 1.81 bits per heavy atom. The Morgan fingerprint density at radius 1 is 1.06 bits per heavy atom. The van der Waals surface area contributed by atoms with Crippen LogP contribution in [0.25, 0.3) is 10.9 Å². The number of piperidine rings is 1. The van der Waals surface area contributed by atoms with Crippen LogP contribution < -0.4 is 4.18 Å². The first-order chi connectivity index (χ1) is 22.3. The molecule has 0 N–H and O–H groups in total. The number of ether oxygens (including phenoxy) is 2. The number of aryl methyl sites for hydroxylation is 1. The molecule has 2 heterocycles. The van der Waals surface area contributed by atoms with Gasteiger partial charge >= 0.3 is 21.7 Å². The summed E-state index contributed by atoms with van der Waals surface area (Å²) in [6.45, 7) is 5.43. The molecule has 3 aromatic rings. The van der Waals surface area contributed by atoms with Crippen molar-refractivity contribution in [1.82, 2.24) is 14.4 Å². The topological polar surface area (TPSA) is 107 Å². The third-order valence-electron chi connectivity index (χ3n) is 8.53. The normalized spacial score (nSPS) is 18.8. The summed E-state index contributed by atoms with van der Waals surface area (Å²) < 4.78 is 79.9. The maximum Gasteiger partial charge on any atom is 0.534 e. The molecule has 1 saturated carbocycles. The number of likely N-dealkylation sites (tertiary alicyclic amines) is 1. The number of hydrogen-bond acceptors (Lipinski definition) is 7. The maximum atomic E-state index is 14.6. The Labute approximate surface area is 272 Å². The zero-order chi connectivity index (χ0) is 33.9. The van der Waals surface area contributed by atoms with Crippen molar-refractivity contribution in [2.24, 2.45) is 5.92 Å². The van der Waals surface area contributed by atoms with Gasteiger partial charge in [0.1, 0.15) is 5.75 Å². The number of methoxy groups -OCH3 is 1. The van der Waals surface area contributed by atoms with E-state index in [1.54, 1.807) is 27.0 Å². The summed E-state index contributed by atoms with van der Waals surface area (Å²) in [5.41, 5.74) is -3.12. The van der Waals surface area contributed by atoms with E-state index in [-0.39, 0.29) is 31.1 Å². The molecule has 5 rings (SSSR count). The van der Waals surface area contributed by atoms with Crippen molar-refractivity contribution in [2.75, 3.05) is 26.8 Å². The van der Waals surface area contributed by atoms with Crippen LogP contribution in [0.3, 0.4) is 0 Å². The van der Waals surface area contributed by atoms with Gasteiger partial charge in [0.05, 0.1) is 12.0 Å². The van der Waals surface area contributed by atoms with Gasteiger partial charge in [-0.2, -0.15) is 21.6 Å². The van der Waals surface area contributed by atoms with Gasteiger partial charge < -0.3 is 28.0 Å². The van der Waals surface area contributed by atoms with Gasteiger partial charge in [-0.25, -0.2) is 4.79 Å². The van der Waals surface area contributed by atoms with Crippen LogP contribution in [0.1, 0.15) is 56.6 Å². The van der Waals surface area contributed by atoms with E-state index in [1.807, 2.05) is 29.2 Å².